The molecule has 0 spiro atoms. The molecule has 124 valence electrons. The van der Waals surface area contributed by atoms with Crippen LogP contribution in [0.5, 0.6) is 0 Å². The summed E-state index contributed by atoms with van der Waals surface area (Å²) in [6.07, 6.45) is 1.54. The second-order valence-electron chi connectivity index (χ2n) is 7.57. The standard InChI is InChI=1S/C17H29F3O/c1-4-12-9-10-21-15(11-12)16(2,3)13-5-7-14(8-6-13)17(18,19)20/h12-15H,4-11H2,1-3H3/t12?,13-,14-,15?. The summed E-state index contributed by atoms with van der Waals surface area (Å²) in [5.74, 6) is -0.00791. The van der Waals surface area contributed by atoms with Crippen molar-refractivity contribution in [3.8, 4) is 0 Å². The average Bonchev–Trinajstić information content (AvgIpc) is 2.46. The molecule has 0 aromatic heterocycles. The number of ether oxygens (including phenoxy) is 1. The maximum absolute atomic E-state index is 12.8. The van der Waals surface area contributed by atoms with Gasteiger partial charge < -0.3 is 4.74 Å². The summed E-state index contributed by atoms with van der Waals surface area (Å²) in [4.78, 5) is 0. The second kappa shape index (κ2) is 6.47. The zero-order valence-electron chi connectivity index (χ0n) is 13.5. The first-order chi connectivity index (χ1) is 9.75. The van der Waals surface area contributed by atoms with Gasteiger partial charge in [-0.15, -0.1) is 0 Å². The van der Waals surface area contributed by atoms with Gasteiger partial charge in [-0.1, -0.05) is 27.2 Å². The van der Waals surface area contributed by atoms with Crippen LogP contribution in [-0.4, -0.2) is 18.9 Å². The third-order valence-corrected chi connectivity index (χ3v) is 6.04. The molecule has 0 amide bonds. The lowest BCUT2D eigenvalue weighted by Gasteiger charge is -2.46. The van der Waals surface area contributed by atoms with Gasteiger partial charge in [-0.2, -0.15) is 13.2 Å². The molecule has 2 rings (SSSR count). The molecule has 1 saturated carbocycles. The summed E-state index contributed by atoms with van der Waals surface area (Å²) in [7, 11) is 0. The Balaban J connectivity index is 1.94. The molecule has 1 saturated heterocycles. The van der Waals surface area contributed by atoms with E-state index < -0.39 is 12.1 Å². The maximum atomic E-state index is 12.8. The summed E-state index contributed by atoms with van der Waals surface area (Å²) < 4.78 is 44.4. The number of hydrogen-bond acceptors (Lipinski definition) is 1. The summed E-state index contributed by atoms with van der Waals surface area (Å²) >= 11 is 0. The van der Waals surface area contributed by atoms with E-state index in [4.69, 9.17) is 4.74 Å². The van der Waals surface area contributed by atoms with E-state index >= 15 is 0 Å². The Morgan fingerprint density at radius 2 is 1.52 bits per heavy atom. The van der Waals surface area contributed by atoms with Crippen LogP contribution in [0.3, 0.4) is 0 Å². The lowest BCUT2D eigenvalue weighted by atomic mass is 9.64. The van der Waals surface area contributed by atoms with Crippen LogP contribution < -0.4 is 0 Å². The fraction of sp³-hybridized carbons (Fsp3) is 1.00. The SMILES string of the molecule is CCC1CCOC(C(C)(C)[C@H]2CC[C@H](C(F)(F)F)CC2)C1. The van der Waals surface area contributed by atoms with Crippen molar-refractivity contribution in [2.45, 2.75) is 78.0 Å². The molecule has 21 heavy (non-hydrogen) atoms. The maximum Gasteiger partial charge on any atom is 0.391 e. The predicted octanol–water partition coefficient (Wildman–Crippen LogP) is 5.59. The minimum Gasteiger partial charge on any atom is -0.378 e. The Bertz CT molecular complexity index is 329. The molecular formula is C17H29F3O. The van der Waals surface area contributed by atoms with Crippen molar-refractivity contribution < 1.29 is 17.9 Å². The van der Waals surface area contributed by atoms with Crippen LogP contribution in [0, 0.1) is 23.2 Å². The quantitative estimate of drug-likeness (QED) is 0.660. The van der Waals surface area contributed by atoms with E-state index in [1.54, 1.807) is 0 Å². The van der Waals surface area contributed by atoms with Gasteiger partial charge in [0.25, 0.3) is 0 Å². The summed E-state index contributed by atoms with van der Waals surface area (Å²) in [6, 6.07) is 0. The molecule has 1 heterocycles. The van der Waals surface area contributed by atoms with Crippen molar-refractivity contribution in [1.29, 1.82) is 0 Å². The van der Waals surface area contributed by atoms with Gasteiger partial charge in [-0.25, -0.2) is 0 Å². The third kappa shape index (κ3) is 3.94. The highest BCUT2D eigenvalue weighted by Gasteiger charge is 2.46. The van der Waals surface area contributed by atoms with E-state index in [0.717, 1.165) is 25.4 Å². The van der Waals surface area contributed by atoms with Gasteiger partial charge in [0.05, 0.1) is 12.0 Å². The molecule has 4 heteroatoms. The molecule has 0 aromatic rings. The Morgan fingerprint density at radius 1 is 0.952 bits per heavy atom. The van der Waals surface area contributed by atoms with Gasteiger partial charge in [0, 0.05) is 6.61 Å². The second-order valence-corrected chi connectivity index (χ2v) is 7.57. The van der Waals surface area contributed by atoms with Crippen LogP contribution in [0.2, 0.25) is 0 Å². The third-order valence-electron chi connectivity index (χ3n) is 6.04. The van der Waals surface area contributed by atoms with Gasteiger partial charge in [0.15, 0.2) is 0 Å². The van der Waals surface area contributed by atoms with Gasteiger partial charge in [-0.3, -0.25) is 0 Å². The first-order valence-electron chi connectivity index (χ1n) is 8.43. The Kier molecular flexibility index (Phi) is 5.27. The Hall–Kier alpha value is -0.250. The van der Waals surface area contributed by atoms with Crippen molar-refractivity contribution in [3.05, 3.63) is 0 Å². The summed E-state index contributed by atoms with van der Waals surface area (Å²) in [5, 5.41) is 0. The average molecular weight is 306 g/mol. The minimum absolute atomic E-state index is 0.00952. The lowest BCUT2D eigenvalue weighted by Crippen LogP contribution is -2.44. The van der Waals surface area contributed by atoms with Crippen molar-refractivity contribution in [2.75, 3.05) is 6.61 Å². The van der Waals surface area contributed by atoms with Crippen LogP contribution in [0.25, 0.3) is 0 Å². The summed E-state index contributed by atoms with van der Waals surface area (Å²) in [5.41, 5.74) is -0.00952. The lowest BCUT2D eigenvalue weighted by molar-refractivity contribution is -0.189. The Labute approximate surface area is 126 Å². The van der Waals surface area contributed by atoms with E-state index in [2.05, 4.69) is 20.8 Å². The number of hydrogen-bond donors (Lipinski definition) is 0. The largest absolute Gasteiger partial charge is 0.391 e. The number of rotatable bonds is 3. The zero-order valence-corrected chi connectivity index (χ0v) is 13.5. The van der Waals surface area contributed by atoms with Crippen molar-refractivity contribution in [3.63, 3.8) is 0 Å². The van der Waals surface area contributed by atoms with Gasteiger partial charge >= 0.3 is 6.18 Å². The van der Waals surface area contributed by atoms with E-state index in [0.29, 0.717) is 31.6 Å². The van der Waals surface area contributed by atoms with Crippen LogP contribution in [0.4, 0.5) is 13.2 Å². The molecule has 2 atom stereocenters. The van der Waals surface area contributed by atoms with Gasteiger partial charge in [0.1, 0.15) is 0 Å². The van der Waals surface area contributed by atoms with Gasteiger partial charge in [0.2, 0.25) is 0 Å². The van der Waals surface area contributed by atoms with Crippen LogP contribution in [0.15, 0.2) is 0 Å². The molecule has 0 bridgehead atoms. The topological polar surface area (TPSA) is 9.23 Å². The number of alkyl halides is 3. The van der Waals surface area contributed by atoms with Crippen molar-refractivity contribution in [1.82, 2.24) is 0 Å². The highest BCUT2D eigenvalue weighted by atomic mass is 19.4. The molecule has 0 radical (unpaired) electrons. The molecule has 2 unspecified atom stereocenters. The first-order valence-corrected chi connectivity index (χ1v) is 8.43. The Morgan fingerprint density at radius 3 is 2.05 bits per heavy atom. The van der Waals surface area contributed by atoms with Crippen LogP contribution in [0.1, 0.15) is 65.7 Å². The minimum atomic E-state index is -4.01. The monoisotopic (exact) mass is 306 g/mol. The molecule has 0 N–H and O–H groups in total. The molecule has 2 fully saturated rings. The normalized spacial score (nSPS) is 35.7. The van der Waals surface area contributed by atoms with E-state index in [1.165, 1.54) is 6.42 Å². The fourth-order valence-corrected chi connectivity index (χ4v) is 4.18. The molecular weight excluding hydrogens is 277 g/mol. The molecule has 0 aromatic carbocycles. The molecule has 1 nitrogen and oxygen atoms in total. The van der Waals surface area contributed by atoms with Crippen LogP contribution in [-0.2, 0) is 4.74 Å². The van der Waals surface area contributed by atoms with Crippen molar-refractivity contribution >= 4 is 0 Å². The molecule has 1 aliphatic carbocycles. The van der Waals surface area contributed by atoms with E-state index in [1.807, 2.05) is 0 Å². The first kappa shape index (κ1) is 17.1. The van der Waals surface area contributed by atoms with E-state index in [9.17, 15) is 13.2 Å². The highest BCUT2D eigenvalue weighted by Crippen LogP contribution is 2.48. The molecule has 2 aliphatic rings. The fourth-order valence-electron chi connectivity index (χ4n) is 4.18. The molecule has 1 aliphatic heterocycles. The summed E-state index contributed by atoms with van der Waals surface area (Å²) in [6.45, 7) is 7.43. The zero-order chi connectivity index (χ0) is 15.7. The van der Waals surface area contributed by atoms with Crippen molar-refractivity contribution in [2.24, 2.45) is 23.2 Å². The predicted molar refractivity (Wildman–Crippen MR) is 78.0 cm³/mol. The van der Waals surface area contributed by atoms with Gasteiger partial charge in [-0.05, 0) is 55.8 Å². The van der Waals surface area contributed by atoms with Crippen LogP contribution >= 0.6 is 0 Å². The highest BCUT2D eigenvalue weighted by molar-refractivity contribution is 4.92. The smallest absolute Gasteiger partial charge is 0.378 e. The van der Waals surface area contributed by atoms with E-state index in [-0.39, 0.29) is 11.5 Å². The number of halogens is 3.